The summed E-state index contributed by atoms with van der Waals surface area (Å²) in [6, 6.07) is 15.3. The minimum absolute atomic E-state index is 0.230. The molecule has 0 saturated heterocycles. The molecule has 4 aromatic rings. The number of carbonyl (C=O) groups is 1. The molecule has 4 rings (SSSR count). The number of benzene rings is 2. The van der Waals surface area contributed by atoms with Gasteiger partial charge in [0.15, 0.2) is 5.65 Å². The van der Waals surface area contributed by atoms with Crippen molar-refractivity contribution in [2.24, 2.45) is 5.92 Å². The van der Waals surface area contributed by atoms with Crippen molar-refractivity contribution in [3.8, 4) is 5.75 Å². The van der Waals surface area contributed by atoms with Gasteiger partial charge in [-0.1, -0.05) is 44.2 Å². The lowest BCUT2D eigenvalue weighted by Gasteiger charge is -2.12. The summed E-state index contributed by atoms with van der Waals surface area (Å²) in [5, 5.41) is 2.99. The van der Waals surface area contributed by atoms with E-state index in [-0.39, 0.29) is 5.91 Å². The third kappa shape index (κ3) is 4.03. The second kappa shape index (κ2) is 8.63. The van der Waals surface area contributed by atoms with Gasteiger partial charge in [-0.2, -0.15) is 0 Å². The quantitative estimate of drug-likeness (QED) is 0.474. The van der Waals surface area contributed by atoms with Crippen molar-refractivity contribution in [2.75, 3.05) is 19.4 Å². The van der Waals surface area contributed by atoms with E-state index in [1.54, 1.807) is 7.11 Å². The number of anilines is 1. The van der Waals surface area contributed by atoms with Gasteiger partial charge in [0.1, 0.15) is 22.6 Å². The fraction of sp³-hybridized carbons (Fsp3) is 0.292. The van der Waals surface area contributed by atoms with Crippen LogP contribution in [0.5, 0.6) is 5.75 Å². The molecule has 2 heterocycles. The van der Waals surface area contributed by atoms with Crippen LogP contribution in [-0.4, -0.2) is 34.1 Å². The van der Waals surface area contributed by atoms with E-state index in [0.717, 1.165) is 28.8 Å². The van der Waals surface area contributed by atoms with Crippen molar-refractivity contribution in [3.05, 3.63) is 59.7 Å². The first kappa shape index (κ1) is 20.7. The van der Waals surface area contributed by atoms with Gasteiger partial charge in [0.05, 0.1) is 24.7 Å². The summed E-state index contributed by atoms with van der Waals surface area (Å²) in [5.41, 5.74) is 10.4. The monoisotopic (exact) mass is 417 g/mol. The highest BCUT2D eigenvalue weighted by atomic mass is 16.5. The number of methoxy groups -OCH3 is 1. The van der Waals surface area contributed by atoms with Crippen LogP contribution in [0.4, 0.5) is 5.82 Å². The summed E-state index contributed by atoms with van der Waals surface area (Å²) in [5.74, 6) is 1.36. The normalized spacial score (nSPS) is 11.4. The van der Waals surface area contributed by atoms with E-state index >= 15 is 0 Å². The lowest BCUT2D eigenvalue weighted by Crippen LogP contribution is -2.26. The Morgan fingerprint density at radius 1 is 1.10 bits per heavy atom. The zero-order chi connectivity index (χ0) is 22.0. The molecule has 0 bridgehead atoms. The SMILES string of the molecule is COc1ccccc1Cn1c(N)c(C(=O)NCCC(C)C)c2nc3ccccc3nc21. The zero-order valence-corrected chi connectivity index (χ0v) is 18.1. The molecular weight excluding hydrogens is 390 g/mol. The summed E-state index contributed by atoms with van der Waals surface area (Å²) < 4.78 is 7.34. The predicted molar refractivity (Wildman–Crippen MR) is 123 cm³/mol. The highest BCUT2D eigenvalue weighted by molar-refractivity contribution is 6.10. The number of fused-ring (bicyclic) bond motifs is 2. The number of aromatic nitrogens is 3. The Bertz CT molecular complexity index is 1250. The Morgan fingerprint density at radius 3 is 2.48 bits per heavy atom. The zero-order valence-electron chi connectivity index (χ0n) is 18.1. The van der Waals surface area contributed by atoms with Gasteiger partial charge >= 0.3 is 0 Å². The maximum absolute atomic E-state index is 13.1. The summed E-state index contributed by atoms with van der Waals surface area (Å²) >= 11 is 0. The fourth-order valence-electron chi connectivity index (χ4n) is 3.67. The smallest absolute Gasteiger partial charge is 0.257 e. The minimum Gasteiger partial charge on any atom is -0.496 e. The Hall–Kier alpha value is -3.61. The van der Waals surface area contributed by atoms with Crippen molar-refractivity contribution >= 4 is 33.9 Å². The number of hydrogen-bond donors (Lipinski definition) is 2. The number of amides is 1. The molecule has 0 saturated carbocycles. The molecular formula is C24H27N5O2. The van der Waals surface area contributed by atoms with E-state index in [0.29, 0.717) is 41.6 Å². The van der Waals surface area contributed by atoms with Crippen LogP contribution in [0.15, 0.2) is 48.5 Å². The van der Waals surface area contributed by atoms with Crippen molar-refractivity contribution in [3.63, 3.8) is 0 Å². The molecule has 0 fully saturated rings. The standard InChI is InChI=1S/C24H27N5O2/c1-15(2)12-13-26-24(30)20-21-23(28-18-10-6-5-9-17(18)27-21)29(22(20)25)14-16-8-4-7-11-19(16)31-3/h4-11,15H,12-14,25H2,1-3H3,(H,26,30). The number of rotatable bonds is 7. The van der Waals surface area contributed by atoms with Crippen LogP contribution >= 0.6 is 0 Å². The Kier molecular flexibility index (Phi) is 5.75. The van der Waals surface area contributed by atoms with Gasteiger partial charge in [-0.05, 0) is 30.5 Å². The first-order valence-electron chi connectivity index (χ1n) is 10.4. The average molecular weight is 418 g/mol. The summed E-state index contributed by atoms with van der Waals surface area (Å²) in [4.78, 5) is 22.6. The topological polar surface area (TPSA) is 95.1 Å². The van der Waals surface area contributed by atoms with Gasteiger partial charge in [0.25, 0.3) is 5.91 Å². The number of nitrogens with one attached hydrogen (secondary N) is 1. The van der Waals surface area contributed by atoms with Crippen molar-refractivity contribution in [1.82, 2.24) is 19.9 Å². The first-order valence-corrected chi connectivity index (χ1v) is 10.4. The minimum atomic E-state index is -0.230. The molecule has 3 N–H and O–H groups in total. The third-order valence-corrected chi connectivity index (χ3v) is 5.35. The maximum Gasteiger partial charge on any atom is 0.257 e. The van der Waals surface area contributed by atoms with E-state index < -0.39 is 0 Å². The molecule has 160 valence electrons. The molecule has 0 aliphatic carbocycles. The van der Waals surface area contributed by atoms with Crippen LogP contribution in [-0.2, 0) is 6.54 Å². The average Bonchev–Trinajstić information content (AvgIpc) is 3.02. The van der Waals surface area contributed by atoms with E-state index in [9.17, 15) is 4.79 Å². The van der Waals surface area contributed by atoms with Crippen LogP contribution in [0.1, 0.15) is 36.2 Å². The Balaban J connectivity index is 1.85. The highest BCUT2D eigenvalue weighted by Crippen LogP contribution is 2.30. The molecule has 0 spiro atoms. The maximum atomic E-state index is 13.1. The van der Waals surface area contributed by atoms with Gasteiger partial charge in [-0.3, -0.25) is 4.79 Å². The molecule has 0 aliphatic heterocycles. The Labute approximate surface area is 181 Å². The molecule has 7 nitrogen and oxygen atoms in total. The number of nitrogens with two attached hydrogens (primary N) is 1. The predicted octanol–water partition coefficient (Wildman–Crippen LogP) is 4.00. The molecule has 0 radical (unpaired) electrons. The number of hydrogen-bond acceptors (Lipinski definition) is 5. The highest BCUT2D eigenvalue weighted by Gasteiger charge is 2.24. The molecule has 2 aromatic carbocycles. The van der Waals surface area contributed by atoms with Gasteiger partial charge in [0.2, 0.25) is 0 Å². The molecule has 0 unspecified atom stereocenters. The van der Waals surface area contributed by atoms with Crippen LogP contribution < -0.4 is 15.8 Å². The third-order valence-electron chi connectivity index (χ3n) is 5.35. The van der Waals surface area contributed by atoms with Crippen molar-refractivity contribution in [1.29, 1.82) is 0 Å². The molecule has 2 aromatic heterocycles. The molecule has 0 atom stereocenters. The summed E-state index contributed by atoms with van der Waals surface area (Å²) in [6.07, 6.45) is 0.889. The fourth-order valence-corrected chi connectivity index (χ4v) is 3.67. The Morgan fingerprint density at radius 2 is 1.77 bits per heavy atom. The molecule has 31 heavy (non-hydrogen) atoms. The number of nitrogens with zero attached hydrogens (tertiary/aromatic N) is 3. The lowest BCUT2D eigenvalue weighted by molar-refractivity contribution is 0.0954. The summed E-state index contributed by atoms with van der Waals surface area (Å²) in [6.45, 7) is 5.24. The van der Waals surface area contributed by atoms with Crippen LogP contribution in [0.25, 0.3) is 22.2 Å². The van der Waals surface area contributed by atoms with Crippen LogP contribution in [0.3, 0.4) is 0 Å². The van der Waals surface area contributed by atoms with E-state index in [1.165, 1.54) is 0 Å². The first-order chi connectivity index (χ1) is 15.0. The summed E-state index contributed by atoms with van der Waals surface area (Å²) in [7, 11) is 1.64. The van der Waals surface area contributed by atoms with Gasteiger partial charge < -0.3 is 20.4 Å². The van der Waals surface area contributed by atoms with Crippen molar-refractivity contribution < 1.29 is 9.53 Å². The van der Waals surface area contributed by atoms with Gasteiger partial charge in [-0.15, -0.1) is 0 Å². The van der Waals surface area contributed by atoms with E-state index in [2.05, 4.69) is 19.2 Å². The molecule has 7 heteroatoms. The van der Waals surface area contributed by atoms with Crippen LogP contribution in [0, 0.1) is 5.92 Å². The van der Waals surface area contributed by atoms with Crippen molar-refractivity contribution in [2.45, 2.75) is 26.8 Å². The van der Waals surface area contributed by atoms with Gasteiger partial charge in [0, 0.05) is 12.1 Å². The molecule has 0 aliphatic rings. The van der Waals surface area contributed by atoms with Gasteiger partial charge in [-0.25, -0.2) is 9.97 Å². The number of carbonyl (C=O) groups excluding carboxylic acids is 1. The lowest BCUT2D eigenvalue weighted by atomic mass is 10.1. The number of para-hydroxylation sites is 3. The largest absolute Gasteiger partial charge is 0.496 e. The van der Waals surface area contributed by atoms with E-state index in [4.69, 9.17) is 20.4 Å². The second-order valence-electron chi connectivity index (χ2n) is 7.98. The van der Waals surface area contributed by atoms with Crippen LogP contribution in [0.2, 0.25) is 0 Å². The number of nitrogen functional groups attached to an aromatic ring is 1. The number of ether oxygens (including phenoxy) is 1. The van der Waals surface area contributed by atoms with E-state index in [1.807, 2.05) is 53.1 Å². The second-order valence-corrected chi connectivity index (χ2v) is 7.98. The molecule has 1 amide bonds.